The zero-order valence-corrected chi connectivity index (χ0v) is 10.8. The Morgan fingerprint density at radius 3 is 2.19 bits per heavy atom. The van der Waals surface area contributed by atoms with Gasteiger partial charge in [-0.3, -0.25) is 0 Å². The molecule has 0 aromatic heterocycles. The molecule has 0 saturated carbocycles. The Hall–Kier alpha value is -1.02. The molecule has 16 heavy (non-hydrogen) atoms. The van der Waals surface area contributed by atoms with E-state index in [4.69, 9.17) is 0 Å². The van der Waals surface area contributed by atoms with Gasteiger partial charge in [-0.15, -0.1) is 0 Å². The summed E-state index contributed by atoms with van der Waals surface area (Å²) >= 11 is 0. The molecular formula is C14H23NO. The van der Waals surface area contributed by atoms with Gasteiger partial charge >= 0.3 is 0 Å². The summed E-state index contributed by atoms with van der Waals surface area (Å²) in [5, 5.41) is 9.43. The van der Waals surface area contributed by atoms with Crippen molar-refractivity contribution in [1.82, 2.24) is 0 Å². The van der Waals surface area contributed by atoms with E-state index in [-0.39, 0.29) is 6.10 Å². The predicted octanol–water partition coefficient (Wildman–Crippen LogP) is 3.36. The highest BCUT2D eigenvalue weighted by Gasteiger charge is 2.09. The van der Waals surface area contributed by atoms with Crippen LogP contribution in [0.15, 0.2) is 24.3 Å². The van der Waals surface area contributed by atoms with Crippen LogP contribution in [0.2, 0.25) is 0 Å². The maximum absolute atomic E-state index is 9.43. The van der Waals surface area contributed by atoms with Crippen molar-refractivity contribution in [2.24, 2.45) is 0 Å². The predicted molar refractivity (Wildman–Crippen MR) is 69.8 cm³/mol. The molecule has 0 aliphatic carbocycles. The fourth-order valence-corrected chi connectivity index (χ4v) is 1.85. The van der Waals surface area contributed by atoms with Gasteiger partial charge in [-0.25, -0.2) is 0 Å². The fraction of sp³-hybridized carbons (Fsp3) is 0.571. The van der Waals surface area contributed by atoms with Crippen molar-refractivity contribution in [2.45, 2.75) is 45.8 Å². The lowest BCUT2D eigenvalue weighted by atomic mass is 10.1. The lowest BCUT2D eigenvalue weighted by molar-refractivity contribution is 0.199. The maximum atomic E-state index is 9.43. The van der Waals surface area contributed by atoms with Gasteiger partial charge in [0, 0.05) is 18.8 Å². The summed E-state index contributed by atoms with van der Waals surface area (Å²) in [4.78, 5) is 2.29. The zero-order valence-electron chi connectivity index (χ0n) is 10.8. The van der Waals surface area contributed by atoms with Crippen LogP contribution in [0.4, 0.5) is 5.69 Å². The molecule has 1 aromatic rings. The van der Waals surface area contributed by atoms with Crippen molar-refractivity contribution in [2.75, 3.05) is 11.9 Å². The van der Waals surface area contributed by atoms with E-state index in [1.807, 2.05) is 12.1 Å². The van der Waals surface area contributed by atoms with E-state index in [2.05, 4.69) is 37.9 Å². The van der Waals surface area contributed by atoms with Crippen molar-refractivity contribution in [3.63, 3.8) is 0 Å². The van der Waals surface area contributed by atoms with Gasteiger partial charge in [-0.1, -0.05) is 25.5 Å². The van der Waals surface area contributed by atoms with E-state index < -0.39 is 0 Å². The summed E-state index contributed by atoms with van der Waals surface area (Å²) in [6.07, 6.45) is 2.03. The average Bonchev–Trinajstić information content (AvgIpc) is 2.28. The molecule has 0 bridgehead atoms. The number of aliphatic hydroxyl groups is 1. The fourth-order valence-electron chi connectivity index (χ4n) is 1.85. The third-order valence-corrected chi connectivity index (χ3v) is 3.15. The molecule has 90 valence electrons. The molecular weight excluding hydrogens is 198 g/mol. The van der Waals surface area contributed by atoms with E-state index in [0.29, 0.717) is 6.04 Å². The Kier molecular flexibility index (Phi) is 4.81. The minimum Gasteiger partial charge on any atom is -0.389 e. The number of aliphatic hydroxyl groups excluding tert-OH is 1. The molecule has 0 amide bonds. The molecule has 0 saturated heterocycles. The summed E-state index contributed by atoms with van der Waals surface area (Å²) in [7, 11) is 2.12. The molecule has 0 spiro atoms. The molecule has 0 aliphatic heterocycles. The van der Waals surface area contributed by atoms with Crippen LogP contribution in [0, 0.1) is 0 Å². The van der Waals surface area contributed by atoms with Gasteiger partial charge in [-0.05, 0) is 38.0 Å². The SMILES string of the molecule is CCCC(C)N(C)c1ccc([C@@H](C)O)cc1. The van der Waals surface area contributed by atoms with Gasteiger partial charge in [-0.2, -0.15) is 0 Å². The lowest BCUT2D eigenvalue weighted by Gasteiger charge is -2.27. The summed E-state index contributed by atoms with van der Waals surface area (Å²) in [6, 6.07) is 8.70. The monoisotopic (exact) mass is 221 g/mol. The van der Waals surface area contributed by atoms with Crippen molar-refractivity contribution in [1.29, 1.82) is 0 Å². The van der Waals surface area contributed by atoms with Gasteiger partial charge in [0.2, 0.25) is 0 Å². The minimum absolute atomic E-state index is 0.382. The van der Waals surface area contributed by atoms with Crippen LogP contribution in [-0.2, 0) is 0 Å². The summed E-state index contributed by atoms with van der Waals surface area (Å²) in [6.45, 7) is 6.24. The van der Waals surface area contributed by atoms with Crippen LogP contribution >= 0.6 is 0 Å². The molecule has 1 aromatic carbocycles. The van der Waals surface area contributed by atoms with Gasteiger partial charge in [0.05, 0.1) is 6.10 Å². The van der Waals surface area contributed by atoms with Crippen LogP contribution in [0.1, 0.15) is 45.3 Å². The van der Waals surface area contributed by atoms with Crippen LogP contribution in [0.25, 0.3) is 0 Å². The Labute approximate surface area is 98.9 Å². The summed E-state index contributed by atoms with van der Waals surface area (Å²) in [5.74, 6) is 0. The number of nitrogens with zero attached hydrogens (tertiary/aromatic N) is 1. The third kappa shape index (κ3) is 3.24. The first-order valence-corrected chi connectivity index (χ1v) is 6.07. The molecule has 2 atom stereocenters. The van der Waals surface area contributed by atoms with Crippen LogP contribution < -0.4 is 4.90 Å². The summed E-state index contributed by atoms with van der Waals surface area (Å²) < 4.78 is 0. The van der Waals surface area contributed by atoms with Crippen LogP contribution in [0.3, 0.4) is 0 Å². The Morgan fingerprint density at radius 2 is 1.75 bits per heavy atom. The molecule has 0 fully saturated rings. The quantitative estimate of drug-likeness (QED) is 0.824. The molecule has 0 heterocycles. The minimum atomic E-state index is -0.382. The normalized spacial score (nSPS) is 14.6. The number of benzene rings is 1. The Balaban J connectivity index is 2.73. The van der Waals surface area contributed by atoms with Crippen molar-refractivity contribution in [3.8, 4) is 0 Å². The lowest BCUT2D eigenvalue weighted by Crippen LogP contribution is -2.28. The van der Waals surface area contributed by atoms with Crippen LogP contribution in [-0.4, -0.2) is 18.2 Å². The topological polar surface area (TPSA) is 23.5 Å². The highest BCUT2D eigenvalue weighted by molar-refractivity contribution is 5.47. The first kappa shape index (κ1) is 13.0. The van der Waals surface area contributed by atoms with Crippen molar-refractivity contribution >= 4 is 5.69 Å². The molecule has 1 unspecified atom stereocenters. The molecule has 0 aliphatic rings. The molecule has 1 N–H and O–H groups in total. The van der Waals surface area contributed by atoms with E-state index in [1.165, 1.54) is 18.5 Å². The number of anilines is 1. The second-order valence-corrected chi connectivity index (χ2v) is 4.52. The average molecular weight is 221 g/mol. The van der Waals surface area contributed by atoms with E-state index in [0.717, 1.165) is 5.56 Å². The molecule has 2 heteroatoms. The largest absolute Gasteiger partial charge is 0.389 e. The Morgan fingerprint density at radius 1 is 1.19 bits per heavy atom. The second-order valence-electron chi connectivity index (χ2n) is 4.52. The van der Waals surface area contributed by atoms with Gasteiger partial charge < -0.3 is 10.0 Å². The number of hydrogen-bond acceptors (Lipinski definition) is 2. The van der Waals surface area contributed by atoms with Crippen LogP contribution in [0.5, 0.6) is 0 Å². The van der Waals surface area contributed by atoms with E-state index in [9.17, 15) is 5.11 Å². The second kappa shape index (κ2) is 5.90. The maximum Gasteiger partial charge on any atom is 0.0761 e. The van der Waals surface area contributed by atoms with E-state index >= 15 is 0 Å². The van der Waals surface area contributed by atoms with Gasteiger partial charge in [0.25, 0.3) is 0 Å². The summed E-state index contributed by atoms with van der Waals surface area (Å²) in [5.41, 5.74) is 2.19. The highest BCUT2D eigenvalue weighted by Crippen LogP contribution is 2.20. The third-order valence-electron chi connectivity index (χ3n) is 3.15. The van der Waals surface area contributed by atoms with Crippen molar-refractivity contribution in [3.05, 3.63) is 29.8 Å². The molecule has 1 rings (SSSR count). The zero-order chi connectivity index (χ0) is 12.1. The number of rotatable bonds is 5. The molecule has 0 radical (unpaired) electrons. The Bertz CT molecular complexity index is 305. The highest BCUT2D eigenvalue weighted by atomic mass is 16.3. The molecule has 2 nitrogen and oxygen atoms in total. The van der Waals surface area contributed by atoms with Crippen molar-refractivity contribution < 1.29 is 5.11 Å². The standard InChI is InChI=1S/C14H23NO/c1-5-6-11(2)15(4)14-9-7-13(8-10-14)12(3)16/h7-12,16H,5-6H2,1-4H3/t11?,12-/m1/s1. The van der Waals surface area contributed by atoms with Gasteiger partial charge in [0.1, 0.15) is 0 Å². The number of hydrogen-bond donors (Lipinski definition) is 1. The smallest absolute Gasteiger partial charge is 0.0761 e. The first-order valence-electron chi connectivity index (χ1n) is 6.07. The van der Waals surface area contributed by atoms with Gasteiger partial charge in [0.15, 0.2) is 0 Å². The van der Waals surface area contributed by atoms with E-state index in [1.54, 1.807) is 6.92 Å². The first-order chi connectivity index (χ1) is 7.56.